The second kappa shape index (κ2) is 8.04. The van der Waals surface area contributed by atoms with Crippen LogP contribution in [0, 0.1) is 0 Å². The highest BCUT2D eigenvalue weighted by molar-refractivity contribution is 5.81. The van der Waals surface area contributed by atoms with E-state index >= 15 is 0 Å². The summed E-state index contributed by atoms with van der Waals surface area (Å²) >= 11 is 0. The Balaban J connectivity index is 4.16. The number of allylic oxidation sites excluding steroid dienone is 4. The smallest absolute Gasteiger partial charge is 0.102 e. The van der Waals surface area contributed by atoms with Crippen molar-refractivity contribution >= 4 is 5.84 Å². The van der Waals surface area contributed by atoms with Crippen LogP contribution in [0.25, 0.3) is 0 Å². The molecule has 1 N–H and O–H groups in total. The maximum absolute atomic E-state index is 4.22. The van der Waals surface area contributed by atoms with Crippen LogP contribution in [0.4, 0.5) is 0 Å². The summed E-state index contributed by atoms with van der Waals surface area (Å²) in [6.45, 7) is 11.9. The minimum Gasteiger partial charge on any atom is -0.348 e. The number of nitrogens with one attached hydrogen (secondary N) is 1. The van der Waals surface area contributed by atoms with Crippen LogP contribution in [0.15, 0.2) is 41.2 Å². The van der Waals surface area contributed by atoms with Gasteiger partial charge in [0.05, 0.1) is 0 Å². The molecule has 0 bridgehead atoms. The van der Waals surface area contributed by atoms with Crippen molar-refractivity contribution in [3.8, 4) is 0 Å². The van der Waals surface area contributed by atoms with Crippen LogP contribution in [0.1, 0.15) is 40.5 Å². The fraction of sp³-hybridized carbons (Fsp3) is 0.462. The second-order valence-corrected chi connectivity index (χ2v) is 3.59. The van der Waals surface area contributed by atoms with Crippen molar-refractivity contribution in [1.82, 2.24) is 5.32 Å². The SMILES string of the molecule is C=C(C)CC/C(=C/C)NC(C)=N/C=C\C. The van der Waals surface area contributed by atoms with Crippen LogP contribution >= 0.6 is 0 Å². The lowest BCUT2D eigenvalue weighted by Gasteiger charge is -2.09. The molecule has 0 aromatic heterocycles. The van der Waals surface area contributed by atoms with Crippen molar-refractivity contribution in [2.45, 2.75) is 40.5 Å². The largest absolute Gasteiger partial charge is 0.348 e. The molecular formula is C13H22N2. The van der Waals surface area contributed by atoms with Crippen molar-refractivity contribution in [3.63, 3.8) is 0 Å². The van der Waals surface area contributed by atoms with Crippen LogP contribution in [-0.2, 0) is 0 Å². The van der Waals surface area contributed by atoms with Crippen molar-refractivity contribution in [2.24, 2.45) is 4.99 Å². The Labute approximate surface area is 93.5 Å². The van der Waals surface area contributed by atoms with Crippen LogP contribution in [0.3, 0.4) is 0 Å². The van der Waals surface area contributed by atoms with Crippen LogP contribution in [0.5, 0.6) is 0 Å². The van der Waals surface area contributed by atoms with Gasteiger partial charge in [0.2, 0.25) is 0 Å². The topological polar surface area (TPSA) is 24.4 Å². The minimum absolute atomic E-state index is 0.919. The molecule has 0 aliphatic carbocycles. The predicted molar refractivity (Wildman–Crippen MR) is 68.9 cm³/mol. The molecule has 0 saturated heterocycles. The van der Waals surface area contributed by atoms with E-state index in [-0.39, 0.29) is 0 Å². The second-order valence-electron chi connectivity index (χ2n) is 3.59. The molecule has 0 unspecified atom stereocenters. The molecule has 15 heavy (non-hydrogen) atoms. The van der Waals surface area contributed by atoms with Gasteiger partial charge in [0, 0.05) is 11.9 Å². The van der Waals surface area contributed by atoms with E-state index in [1.54, 1.807) is 6.20 Å². The van der Waals surface area contributed by atoms with Gasteiger partial charge in [-0.15, -0.1) is 6.58 Å². The zero-order valence-corrected chi connectivity index (χ0v) is 10.3. The number of amidine groups is 1. The summed E-state index contributed by atoms with van der Waals surface area (Å²) in [5, 5.41) is 3.28. The zero-order valence-electron chi connectivity index (χ0n) is 10.3. The molecular weight excluding hydrogens is 184 g/mol. The molecule has 2 nitrogen and oxygen atoms in total. The van der Waals surface area contributed by atoms with Gasteiger partial charge in [-0.25, -0.2) is 4.99 Å². The van der Waals surface area contributed by atoms with E-state index in [1.165, 1.54) is 11.3 Å². The maximum Gasteiger partial charge on any atom is 0.102 e. The predicted octanol–water partition coefficient (Wildman–Crippen LogP) is 3.79. The summed E-state index contributed by atoms with van der Waals surface area (Å²) in [7, 11) is 0. The first-order valence-corrected chi connectivity index (χ1v) is 5.32. The Kier molecular flexibility index (Phi) is 7.33. The summed E-state index contributed by atoms with van der Waals surface area (Å²) in [5.74, 6) is 0.919. The third kappa shape index (κ3) is 7.74. The number of hydrogen-bond donors (Lipinski definition) is 1. The first-order valence-electron chi connectivity index (χ1n) is 5.32. The van der Waals surface area contributed by atoms with Crippen LogP contribution in [0.2, 0.25) is 0 Å². The standard InChI is InChI=1S/C13H22N2/c1-6-10-14-12(5)15-13(7-2)9-8-11(3)4/h6-7,10H,3,8-9H2,1-2,4-5H3,(H,14,15)/b10-6-,13-7-. The normalized spacial score (nSPS) is 13.3. The highest BCUT2D eigenvalue weighted by Crippen LogP contribution is 2.07. The Morgan fingerprint density at radius 2 is 1.93 bits per heavy atom. The van der Waals surface area contributed by atoms with Crippen LogP contribution in [-0.4, -0.2) is 5.84 Å². The van der Waals surface area contributed by atoms with Crippen molar-refractivity contribution < 1.29 is 0 Å². The molecule has 0 aromatic carbocycles. The molecule has 0 spiro atoms. The average molecular weight is 206 g/mol. The molecule has 2 heteroatoms. The number of nitrogens with zero attached hydrogens (tertiary/aromatic N) is 1. The average Bonchev–Trinajstić information content (AvgIpc) is 2.20. The van der Waals surface area contributed by atoms with Gasteiger partial charge < -0.3 is 5.32 Å². The van der Waals surface area contributed by atoms with Crippen LogP contribution < -0.4 is 5.32 Å². The fourth-order valence-electron chi connectivity index (χ4n) is 1.08. The highest BCUT2D eigenvalue weighted by atomic mass is 15.0. The third-order valence-electron chi connectivity index (χ3n) is 1.93. The van der Waals surface area contributed by atoms with Crippen molar-refractivity contribution in [2.75, 3.05) is 0 Å². The summed E-state index contributed by atoms with van der Waals surface area (Å²) < 4.78 is 0. The quantitative estimate of drug-likeness (QED) is 0.413. The lowest BCUT2D eigenvalue weighted by atomic mass is 10.1. The zero-order chi connectivity index (χ0) is 11.7. The first kappa shape index (κ1) is 13.7. The van der Waals surface area contributed by atoms with E-state index in [2.05, 4.69) is 23.0 Å². The molecule has 0 atom stereocenters. The summed E-state index contributed by atoms with van der Waals surface area (Å²) in [6.07, 6.45) is 7.79. The molecule has 0 rings (SSSR count). The van der Waals surface area contributed by atoms with Crippen molar-refractivity contribution in [3.05, 3.63) is 36.2 Å². The Bertz CT molecular complexity index is 283. The molecule has 0 aliphatic heterocycles. The molecule has 0 saturated carbocycles. The molecule has 0 heterocycles. The fourth-order valence-corrected chi connectivity index (χ4v) is 1.08. The van der Waals surface area contributed by atoms with E-state index < -0.39 is 0 Å². The minimum atomic E-state index is 0.919. The van der Waals surface area contributed by atoms with Gasteiger partial charge in [0.25, 0.3) is 0 Å². The van der Waals surface area contributed by atoms with Crippen molar-refractivity contribution in [1.29, 1.82) is 0 Å². The number of rotatable bonds is 5. The van der Waals surface area contributed by atoms with Gasteiger partial charge in [-0.3, -0.25) is 0 Å². The highest BCUT2D eigenvalue weighted by Gasteiger charge is 1.97. The lowest BCUT2D eigenvalue weighted by Crippen LogP contribution is -2.19. The Hall–Kier alpha value is -1.31. The molecule has 0 fully saturated rings. The summed E-state index contributed by atoms with van der Waals surface area (Å²) in [4.78, 5) is 4.22. The summed E-state index contributed by atoms with van der Waals surface area (Å²) in [5.41, 5.74) is 2.41. The van der Waals surface area contributed by atoms with Gasteiger partial charge >= 0.3 is 0 Å². The third-order valence-corrected chi connectivity index (χ3v) is 1.93. The van der Waals surface area contributed by atoms with E-state index in [0.717, 1.165) is 18.7 Å². The van der Waals surface area contributed by atoms with Gasteiger partial charge in [-0.1, -0.05) is 17.7 Å². The van der Waals surface area contributed by atoms with E-state index in [9.17, 15) is 0 Å². The number of hydrogen-bond acceptors (Lipinski definition) is 1. The van der Waals surface area contributed by atoms with Gasteiger partial charge in [0.1, 0.15) is 5.84 Å². The molecule has 84 valence electrons. The molecule has 0 aliphatic rings. The van der Waals surface area contributed by atoms with Gasteiger partial charge in [-0.05, 0) is 40.5 Å². The van der Waals surface area contributed by atoms with E-state index in [1.807, 2.05) is 33.8 Å². The van der Waals surface area contributed by atoms with Gasteiger partial charge in [-0.2, -0.15) is 0 Å². The molecule has 0 amide bonds. The molecule has 0 aromatic rings. The maximum atomic E-state index is 4.22. The van der Waals surface area contributed by atoms with E-state index in [0.29, 0.717) is 0 Å². The first-order chi connectivity index (χ1) is 7.10. The molecule has 0 radical (unpaired) electrons. The Morgan fingerprint density at radius 1 is 1.27 bits per heavy atom. The van der Waals surface area contributed by atoms with E-state index in [4.69, 9.17) is 0 Å². The lowest BCUT2D eigenvalue weighted by molar-refractivity contribution is 0.868. The number of aliphatic imine (C=N–C) groups is 1. The Morgan fingerprint density at radius 3 is 2.40 bits per heavy atom. The monoisotopic (exact) mass is 206 g/mol. The van der Waals surface area contributed by atoms with Gasteiger partial charge in [0.15, 0.2) is 0 Å². The summed E-state index contributed by atoms with van der Waals surface area (Å²) in [6, 6.07) is 0.